The molecule has 1 aliphatic rings. The fourth-order valence-electron chi connectivity index (χ4n) is 3.08. The average molecular weight is 334 g/mol. The molecular formula is C16H26N6O2. The van der Waals surface area contributed by atoms with Gasteiger partial charge in [0.25, 0.3) is 0 Å². The zero-order chi connectivity index (χ0) is 17.2. The van der Waals surface area contributed by atoms with Gasteiger partial charge >= 0.3 is 0 Å². The van der Waals surface area contributed by atoms with Gasteiger partial charge < -0.3 is 9.63 Å². The Morgan fingerprint density at radius 1 is 1.42 bits per heavy atom. The number of aliphatic hydroxyl groups is 1. The highest BCUT2D eigenvalue weighted by molar-refractivity contribution is 5.10. The van der Waals surface area contributed by atoms with Crippen LogP contribution in [0.5, 0.6) is 0 Å². The van der Waals surface area contributed by atoms with Gasteiger partial charge in [0.1, 0.15) is 11.3 Å². The molecule has 0 aromatic carbocycles. The largest absolute Gasteiger partial charge is 0.382 e. The second kappa shape index (κ2) is 6.98. The zero-order valence-corrected chi connectivity index (χ0v) is 14.6. The lowest BCUT2D eigenvalue weighted by Crippen LogP contribution is -2.46. The van der Waals surface area contributed by atoms with Gasteiger partial charge in [0.05, 0.1) is 12.7 Å². The van der Waals surface area contributed by atoms with Gasteiger partial charge in [-0.15, -0.1) is 5.10 Å². The van der Waals surface area contributed by atoms with Crippen molar-refractivity contribution < 1.29 is 9.63 Å². The number of likely N-dealkylation sites (tertiary alicyclic amines) is 1. The van der Waals surface area contributed by atoms with Crippen LogP contribution in [0.1, 0.15) is 63.5 Å². The van der Waals surface area contributed by atoms with Gasteiger partial charge in [-0.25, -0.2) is 4.68 Å². The molecule has 1 aliphatic heterocycles. The van der Waals surface area contributed by atoms with Gasteiger partial charge in [0.2, 0.25) is 5.89 Å². The van der Waals surface area contributed by atoms with Gasteiger partial charge in [-0.3, -0.25) is 4.90 Å². The highest BCUT2D eigenvalue weighted by Crippen LogP contribution is 2.31. The van der Waals surface area contributed by atoms with E-state index < -0.39 is 5.60 Å². The van der Waals surface area contributed by atoms with Crippen molar-refractivity contribution in [2.24, 2.45) is 0 Å². The Balaban J connectivity index is 1.68. The van der Waals surface area contributed by atoms with Crippen molar-refractivity contribution in [2.75, 3.05) is 13.1 Å². The summed E-state index contributed by atoms with van der Waals surface area (Å²) in [6.45, 7) is 8.11. The fraction of sp³-hybridized carbons (Fsp3) is 0.750. The zero-order valence-electron chi connectivity index (χ0n) is 14.6. The summed E-state index contributed by atoms with van der Waals surface area (Å²) in [6, 6.07) is 0.227. The van der Waals surface area contributed by atoms with Crippen LogP contribution in [0, 0.1) is 0 Å². The molecule has 1 fully saturated rings. The van der Waals surface area contributed by atoms with Crippen molar-refractivity contribution in [3.05, 3.63) is 23.6 Å². The number of hydrogen-bond donors (Lipinski definition) is 1. The van der Waals surface area contributed by atoms with E-state index in [-0.39, 0.29) is 6.04 Å². The van der Waals surface area contributed by atoms with Crippen molar-refractivity contribution in [2.45, 2.75) is 64.6 Å². The van der Waals surface area contributed by atoms with Crippen LogP contribution in [0.15, 0.2) is 10.7 Å². The predicted octanol–water partition coefficient (Wildman–Crippen LogP) is 1.68. The topological polar surface area (TPSA) is 93.1 Å². The Labute approximate surface area is 141 Å². The van der Waals surface area contributed by atoms with Crippen LogP contribution >= 0.6 is 0 Å². The lowest BCUT2D eigenvalue weighted by Gasteiger charge is -2.37. The third kappa shape index (κ3) is 3.64. The molecule has 3 rings (SSSR count). The predicted molar refractivity (Wildman–Crippen MR) is 87.1 cm³/mol. The van der Waals surface area contributed by atoms with Crippen molar-refractivity contribution in [1.82, 2.24) is 30.0 Å². The number of hydrogen-bond acceptors (Lipinski definition) is 7. The van der Waals surface area contributed by atoms with E-state index in [0.717, 1.165) is 31.6 Å². The van der Waals surface area contributed by atoms with Gasteiger partial charge in [-0.1, -0.05) is 17.3 Å². The summed E-state index contributed by atoms with van der Waals surface area (Å²) in [5, 5.41) is 23.3. The molecule has 0 radical (unpaired) electrons. The minimum atomic E-state index is -0.975. The van der Waals surface area contributed by atoms with Crippen molar-refractivity contribution in [3.8, 4) is 0 Å². The Hall–Kier alpha value is -1.80. The van der Waals surface area contributed by atoms with Crippen LogP contribution in [0.25, 0.3) is 0 Å². The molecule has 1 saturated heterocycles. The summed E-state index contributed by atoms with van der Waals surface area (Å²) < 4.78 is 7.09. The molecule has 132 valence electrons. The van der Waals surface area contributed by atoms with E-state index in [1.54, 1.807) is 4.68 Å². The normalized spacial score (nSPS) is 22.4. The second-order valence-electron chi connectivity index (χ2n) is 6.88. The second-order valence-corrected chi connectivity index (χ2v) is 6.88. The maximum absolute atomic E-state index is 11.1. The fourth-order valence-corrected chi connectivity index (χ4v) is 3.08. The summed E-state index contributed by atoms with van der Waals surface area (Å²) in [4.78, 5) is 6.55. The molecule has 2 aromatic rings. The Bertz CT molecular complexity index is 667. The molecule has 8 nitrogen and oxygen atoms in total. The standard InChI is InChI=1S/C16H26N6O2/c1-4-6-14-17-15(24-19-14)10-21-8-5-7-16(23,11-21)13-9-22(12(2)3)20-18-13/h9,12,23H,4-8,10-11H2,1-3H3/t16-/m0/s1. The molecule has 1 N–H and O–H groups in total. The third-order valence-corrected chi connectivity index (χ3v) is 4.41. The first kappa shape index (κ1) is 17.0. The van der Waals surface area contributed by atoms with E-state index in [0.29, 0.717) is 31.1 Å². The molecule has 1 atom stereocenters. The molecule has 0 bridgehead atoms. The molecule has 24 heavy (non-hydrogen) atoms. The summed E-state index contributed by atoms with van der Waals surface area (Å²) in [5.74, 6) is 1.35. The first-order valence-corrected chi connectivity index (χ1v) is 8.68. The maximum atomic E-state index is 11.1. The molecule has 3 heterocycles. The summed E-state index contributed by atoms with van der Waals surface area (Å²) >= 11 is 0. The Morgan fingerprint density at radius 3 is 2.96 bits per heavy atom. The SMILES string of the molecule is CCCc1noc(CN2CCC[C@@](O)(c3cn(C(C)C)nn3)C2)n1. The number of nitrogens with zero attached hydrogens (tertiary/aromatic N) is 6. The van der Waals surface area contributed by atoms with Crippen LogP contribution in [-0.4, -0.2) is 48.2 Å². The van der Waals surface area contributed by atoms with Crippen molar-refractivity contribution in [1.29, 1.82) is 0 Å². The summed E-state index contributed by atoms with van der Waals surface area (Å²) in [5.41, 5.74) is -0.337. The van der Waals surface area contributed by atoms with Crippen molar-refractivity contribution in [3.63, 3.8) is 0 Å². The first-order valence-electron chi connectivity index (χ1n) is 8.68. The van der Waals surface area contributed by atoms with E-state index in [4.69, 9.17) is 4.52 Å². The number of β-amino-alcohol motifs (C(OH)–C–C–N with tert-alkyl or cyclic N) is 1. The minimum Gasteiger partial charge on any atom is -0.382 e. The Morgan fingerprint density at radius 2 is 2.25 bits per heavy atom. The number of piperidine rings is 1. The van der Waals surface area contributed by atoms with E-state index in [9.17, 15) is 5.11 Å². The highest BCUT2D eigenvalue weighted by Gasteiger charge is 2.38. The van der Waals surface area contributed by atoms with E-state index in [2.05, 4.69) is 32.3 Å². The van der Waals surface area contributed by atoms with Gasteiger partial charge in [0.15, 0.2) is 5.82 Å². The van der Waals surface area contributed by atoms with E-state index in [1.807, 2.05) is 20.0 Å². The molecule has 0 amide bonds. The van der Waals surface area contributed by atoms with Crippen LogP contribution in [0.3, 0.4) is 0 Å². The number of aromatic nitrogens is 5. The lowest BCUT2D eigenvalue weighted by molar-refractivity contribution is -0.0436. The molecule has 8 heteroatoms. The maximum Gasteiger partial charge on any atom is 0.240 e. The van der Waals surface area contributed by atoms with Crippen LogP contribution in [-0.2, 0) is 18.6 Å². The summed E-state index contributed by atoms with van der Waals surface area (Å²) in [6.07, 6.45) is 5.24. The molecule has 0 spiro atoms. The number of aryl methyl sites for hydroxylation is 1. The Kier molecular flexibility index (Phi) is 4.96. The van der Waals surface area contributed by atoms with Gasteiger partial charge in [0, 0.05) is 19.0 Å². The molecule has 0 saturated carbocycles. The van der Waals surface area contributed by atoms with E-state index >= 15 is 0 Å². The molecule has 0 aliphatic carbocycles. The summed E-state index contributed by atoms with van der Waals surface area (Å²) in [7, 11) is 0. The highest BCUT2D eigenvalue weighted by atomic mass is 16.5. The molecule has 0 unspecified atom stereocenters. The quantitative estimate of drug-likeness (QED) is 0.859. The molecule has 2 aromatic heterocycles. The average Bonchev–Trinajstić information content (AvgIpc) is 3.17. The van der Waals surface area contributed by atoms with Crippen LogP contribution in [0.2, 0.25) is 0 Å². The molecular weight excluding hydrogens is 308 g/mol. The third-order valence-electron chi connectivity index (χ3n) is 4.41. The minimum absolute atomic E-state index is 0.227. The number of rotatable bonds is 6. The van der Waals surface area contributed by atoms with Crippen molar-refractivity contribution >= 4 is 0 Å². The van der Waals surface area contributed by atoms with Crippen LogP contribution < -0.4 is 0 Å². The van der Waals surface area contributed by atoms with Crippen LogP contribution in [0.4, 0.5) is 0 Å². The first-order chi connectivity index (χ1) is 11.5. The van der Waals surface area contributed by atoms with Gasteiger partial charge in [-0.2, -0.15) is 4.98 Å². The lowest BCUT2D eigenvalue weighted by atomic mass is 9.90. The van der Waals surface area contributed by atoms with E-state index in [1.165, 1.54) is 0 Å². The smallest absolute Gasteiger partial charge is 0.240 e. The van der Waals surface area contributed by atoms with Gasteiger partial charge in [-0.05, 0) is 39.7 Å². The monoisotopic (exact) mass is 334 g/mol.